The summed E-state index contributed by atoms with van der Waals surface area (Å²) in [6.07, 6.45) is 5.91. The summed E-state index contributed by atoms with van der Waals surface area (Å²) in [6.45, 7) is 1.08. The summed E-state index contributed by atoms with van der Waals surface area (Å²) in [5.41, 5.74) is -0.160. The van der Waals surface area contributed by atoms with E-state index in [0.29, 0.717) is 5.82 Å². The van der Waals surface area contributed by atoms with Crippen molar-refractivity contribution in [2.24, 2.45) is 0 Å². The molecule has 1 saturated carbocycles. The second-order valence-electron chi connectivity index (χ2n) is 6.54. The van der Waals surface area contributed by atoms with E-state index >= 15 is 0 Å². The van der Waals surface area contributed by atoms with Crippen LogP contribution in [0.25, 0.3) is 0 Å². The summed E-state index contributed by atoms with van der Waals surface area (Å²) in [4.78, 5) is 14.2. The van der Waals surface area contributed by atoms with E-state index < -0.39 is 9.84 Å². The Morgan fingerprint density at radius 3 is 2.65 bits per heavy atom. The van der Waals surface area contributed by atoms with Gasteiger partial charge in [-0.1, -0.05) is 0 Å². The molecule has 0 bridgehead atoms. The molecule has 2 N–H and O–H groups in total. The fourth-order valence-electron chi connectivity index (χ4n) is 2.73. The standard InChI is InChI=1S/C14H25N5O3S/c1-18(2)11-14(6-4-7-14)16-13(20)15-12-5-8-19(17-12)9-10-23(3,21)22/h5,8H,4,6-7,9-11H2,1-3H3,(H2,15,16,17,20). The second kappa shape index (κ2) is 6.88. The number of anilines is 1. The summed E-state index contributed by atoms with van der Waals surface area (Å²) >= 11 is 0. The van der Waals surface area contributed by atoms with Gasteiger partial charge in [-0.3, -0.25) is 10.00 Å². The van der Waals surface area contributed by atoms with Crippen molar-refractivity contribution in [1.29, 1.82) is 0 Å². The highest BCUT2D eigenvalue weighted by Gasteiger charge is 2.38. The van der Waals surface area contributed by atoms with E-state index in [9.17, 15) is 13.2 Å². The first-order valence-electron chi connectivity index (χ1n) is 7.63. The molecular formula is C14H25N5O3S. The van der Waals surface area contributed by atoms with E-state index in [1.54, 1.807) is 12.3 Å². The lowest BCUT2D eigenvalue weighted by Crippen LogP contribution is -2.59. The van der Waals surface area contributed by atoms with Crippen LogP contribution in [0.1, 0.15) is 19.3 Å². The first-order chi connectivity index (χ1) is 10.7. The van der Waals surface area contributed by atoms with Crippen molar-refractivity contribution in [2.45, 2.75) is 31.3 Å². The number of urea groups is 1. The normalized spacial score (nSPS) is 16.9. The molecule has 0 aliphatic heterocycles. The molecule has 0 atom stereocenters. The number of aryl methyl sites for hydroxylation is 1. The van der Waals surface area contributed by atoms with Crippen LogP contribution in [0.15, 0.2) is 12.3 Å². The first-order valence-corrected chi connectivity index (χ1v) is 9.69. The predicted octanol–water partition coefficient (Wildman–Crippen LogP) is 0.534. The van der Waals surface area contributed by atoms with Crippen molar-refractivity contribution in [1.82, 2.24) is 20.0 Å². The Bertz CT molecular complexity index is 649. The van der Waals surface area contributed by atoms with Crippen molar-refractivity contribution in [3.8, 4) is 0 Å². The molecule has 1 aliphatic carbocycles. The van der Waals surface area contributed by atoms with Crippen molar-refractivity contribution >= 4 is 21.7 Å². The number of rotatable bonds is 7. The lowest BCUT2D eigenvalue weighted by Gasteiger charge is -2.44. The van der Waals surface area contributed by atoms with Gasteiger partial charge in [0.05, 0.1) is 17.8 Å². The molecule has 0 aromatic carbocycles. The summed E-state index contributed by atoms with van der Waals surface area (Å²) in [5.74, 6) is 0.432. The van der Waals surface area contributed by atoms with Crippen molar-refractivity contribution in [3.63, 3.8) is 0 Å². The quantitative estimate of drug-likeness (QED) is 0.753. The molecule has 23 heavy (non-hydrogen) atoms. The zero-order chi connectivity index (χ0) is 17.1. The van der Waals surface area contributed by atoms with Crippen LogP contribution in [0.4, 0.5) is 10.6 Å². The van der Waals surface area contributed by atoms with Gasteiger partial charge in [-0.05, 0) is 33.4 Å². The zero-order valence-electron chi connectivity index (χ0n) is 13.9. The molecule has 0 saturated heterocycles. The monoisotopic (exact) mass is 343 g/mol. The summed E-state index contributed by atoms with van der Waals surface area (Å²) < 4.78 is 23.8. The molecule has 0 unspecified atom stereocenters. The van der Waals surface area contributed by atoms with Crippen molar-refractivity contribution in [3.05, 3.63) is 12.3 Å². The summed E-state index contributed by atoms with van der Waals surface area (Å²) in [6, 6.07) is 1.38. The highest BCUT2D eigenvalue weighted by molar-refractivity contribution is 7.90. The number of sulfone groups is 1. The van der Waals surface area contributed by atoms with Crippen LogP contribution in [-0.4, -0.2) is 67.3 Å². The molecule has 2 amide bonds. The number of nitrogens with zero attached hydrogens (tertiary/aromatic N) is 3. The molecule has 1 aliphatic rings. The largest absolute Gasteiger partial charge is 0.331 e. The van der Waals surface area contributed by atoms with Gasteiger partial charge < -0.3 is 10.2 Å². The molecular weight excluding hydrogens is 318 g/mol. The van der Waals surface area contributed by atoms with Crippen LogP contribution in [0.5, 0.6) is 0 Å². The van der Waals surface area contributed by atoms with E-state index in [4.69, 9.17) is 0 Å². The Kier molecular flexibility index (Phi) is 5.30. The van der Waals surface area contributed by atoms with Crippen LogP contribution in [0.2, 0.25) is 0 Å². The van der Waals surface area contributed by atoms with Gasteiger partial charge in [0.15, 0.2) is 5.82 Å². The SMILES string of the molecule is CN(C)CC1(NC(=O)Nc2ccn(CCS(C)(=O)=O)n2)CCC1. The maximum absolute atomic E-state index is 12.1. The number of hydrogen-bond acceptors (Lipinski definition) is 5. The third kappa shape index (κ3) is 5.51. The topological polar surface area (TPSA) is 96.3 Å². The molecule has 2 rings (SSSR count). The van der Waals surface area contributed by atoms with Gasteiger partial charge >= 0.3 is 6.03 Å². The summed E-state index contributed by atoms with van der Waals surface area (Å²) in [5, 5.41) is 9.90. The highest BCUT2D eigenvalue weighted by Crippen LogP contribution is 2.32. The van der Waals surface area contributed by atoms with Gasteiger partial charge in [0, 0.05) is 25.1 Å². The van der Waals surface area contributed by atoms with Gasteiger partial charge in [-0.2, -0.15) is 5.10 Å². The Balaban J connectivity index is 1.87. The van der Waals surface area contributed by atoms with E-state index in [-0.39, 0.29) is 23.9 Å². The number of aromatic nitrogens is 2. The third-order valence-corrected chi connectivity index (χ3v) is 4.81. The number of carbonyl (C=O) groups is 1. The molecule has 1 fully saturated rings. The average Bonchev–Trinajstić information content (AvgIpc) is 2.80. The van der Waals surface area contributed by atoms with E-state index in [1.807, 2.05) is 14.1 Å². The highest BCUT2D eigenvalue weighted by atomic mass is 32.2. The maximum Gasteiger partial charge on any atom is 0.320 e. The maximum atomic E-state index is 12.1. The molecule has 0 radical (unpaired) electrons. The molecule has 1 aromatic rings. The Morgan fingerprint density at radius 1 is 1.43 bits per heavy atom. The minimum atomic E-state index is -3.03. The number of hydrogen-bond donors (Lipinski definition) is 2. The minimum Gasteiger partial charge on any atom is -0.331 e. The third-order valence-electron chi connectivity index (χ3n) is 3.88. The second-order valence-corrected chi connectivity index (χ2v) is 8.80. The summed E-state index contributed by atoms with van der Waals surface area (Å²) in [7, 11) is 0.946. The Hall–Kier alpha value is -1.61. The van der Waals surface area contributed by atoms with Crippen LogP contribution in [0, 0.1) is 0 Å². The lowest BCUT2D eigenvalue weighted by atomic mass is 9.76. The predicted molar refractivity (Wildman–Crippen MR) is 89.2 cm³/mol. The Morgan fingerprint density at radius 2 is 2.13 bits per heavy atom. The minimum absolute atomic E-state index is 0.0201. The van der Waals surface area contributed by atoms with Gasteiger partial charge in [-0.25, -0.2) is 13.2 Å². The molecule has 8 nitrogen and oxygen atoms in total. The van der Waals surface area contributed by atoms with E-state index in [0.717, 1.165) is 25.8 Å². The fourth-order valence-corrected chi connectivity index (χ4v) is 3.25. The van der Waals surface area contributed by atoms with Gasteiger partial charge in [0.25, 0.3) is 0 Å². The molecule has 130 valence electrons. The van der Waals surface area contributed by atoms with Gasteiger partial charge in [0.2, 0.25) is 0 Å². The molecule has 1 heterocycles. The molecule has 0 spiro atoms. The Labute approximate surface area is 137 Å². The van der Waals surface area contributed by atoms with Gasteiger partial charge in [0.1, 0.15) is 9.84 Å². The smallest absolute Gasteiger partial charge is 0.320 e. The fraction of sp³-hybridized carbons (Fsp3) is 0.714. The van der Waals surface area contributed by atoms with Crippen LogP contribution in [0.3, 0.4) is 0 Å². The molecule has 1 aromatic heterocycles. The van der Waals surface area contributed by atoms with Gasteiger partial charge in [-0.15, -0.1) is 0 Å². The van der Waals surface area contributed by atoms with Crippen LogP contribution in [-0.2, 0) is 16.4 Å². The number of amides is 2. The average molecular weight is 343 g/mol. The van der Waals surface area contributed by atoms with E-state index in [1.165, 1.54) is 10.9 Å². The van der Waals surface area contributed by atoms with E-state index in [2.05, 4.69) is 20.6 Å². The number of nitrogens with one attached hydrogen (secondary N) is 2. The first kappa shape index (κ1) is 17.7. The van der Waals surface area contributed by atoms with Crippen molar-refractivity contribution < 1.29 is 13.2 Å². The van der Waals surface area contributed by atoms with Crippen molar-refractivity contribution in [2.75, 3.05) is 38.0 Å². The number of likely N-dealkylation sites (N-methyl/N-ethyl adjacent to an activating group) is 1. The number of carbonyl (C=O) groups excluding carboxylic acids is 1. The van der Waals surface area contributed by atoms with Crippen LogP contribution >= 0.6 is 0 Å². The molecule has 9 heteroatoms. The lowest BCUT2D eigenvalue weighted by molar-refractivity contribution is 0.144. The zero-order valence-corrected chi connectivity index (χ0v) is 14.7. The van der Waals surface area contributed by atoms with Crippen LogP contribution < -0.4 is 10.6 Å².